The highest BCUT2D eigenvalue weighted by Crippen LogP contribution is 2.12. The minimum absolute atomic E-state index is 0.173. The molecule has 108 valence electrons. The van der Waals surface area contributed by atoms with Gasteiger partial charge >= 0.3 is 0 Å². The fourth-order valence-corrected chi connectivity index (χ4v) is 2.11. The first-order chi connectivity index (χ1) is 9.24. The highest BCUT2D eigenvalue weighted by Gasteiger charge is 2.20. The van der Waals surface area contributed by atoms with E-state index in [1.807, 2.05) is 20.9 Å². The second-order valence-electron chi connectivity index (χ2n) is 4.55. The van der Waals surface area contributed by atoms with Crippen molar-refractivity contribution in [2.45, 2.75) is 45.9 Å². The van der Waals surface area contributed by atoms with Crippen LogP contribution in [-0.4, -0.2) is 32.6 Å². The van der Waals surface area contributed by atoms with Gasteiger partial charge in [-0.2, -0.15) is 0 Å². The van der Waals surface area contributed by atoms with Crippen LogP contribution in [0.1, 0.15) is 31.9 Å². The number of hydrogen-bond acceptors (Lipinski definition) is 3. The molecule has 0 aliphatic carbocycles. The van der Waals surface area contributed by atoms with Gasteiger partial charge in [-0.3, -0.25) is 0 Å². The molecule has 1 aromatic carbocycles. The summed E-state index contributed by atoms with van der Waals surface area (Å²) in [5.41, 5.74) is 2.68. The van der Waals surface area contributed by atoms with Crippen molar-refractivity contribution in [3.8, 4) is 0 Å². The molecule has 3 heteroatoms. The number of benzene rings is 1. The maximum Gasteiger partial charge on any atom is 0.172 e. The van der Waals surface area contributed by atoms with Gasteiger partial charge in [-0.1, -0.05) is 31.2 Å². The molecule has 0 bridgehead atoms. The van der Waals surface area contributed by atoms with Gasteiger partial charge in [0.15, 0.2) is 6.29 Å². The predicted octanol–water partition coefficient (Wildman–Crippen LogP) is 2.78. The number of nitrogens with one attached hydrogen (secondary N) is 1. The summed E-state index contributed by atoms with van der Waals surface area (Å²) >= 11 is 0. The average Bonchev–Trinajstić information content (AvgIpc) is 2.45. The molecule has 19 heavy (non-hydrogen) atoms. The largest absolute Gasteiger partial charge is 0.351 e. The lowest BCUT2D eigenvalue weighted by molar-refractivity contribution is -0.152. The van der Waals surface area contributed by atoms with Crippen molar-refractivity contribution in [2.24, 2.45) is 0 Å². The van der Waals surface area contributed by atoms with E-state index in [0.717, 1.165) is 12.8 Å². The lowest BCUT2D eigenvalue weighted by atomic mass is 10.0. The molecule has 0 aromatic heterocycles. The monoisotopic (exact) mass is 265 g/mol. The van der Waals surface area contributed by atoms with Gasteiger partial charge in [-0.25, -0.2) is 0 Å². The second kappa shape index (κ2) is 9.08. The Bertz CT molecular complexity index is 331. The van der Waals surface area contributed by atoms with Crippen molar-refractivity contribution in [3.63, 3.8) is 0 Å². The first kappa shape index (κ1) is 16.2. The van der Waals surface area contributed by atoms with Gasteiger partial charge in [-0.05, 0) is 44.9 Å². The molecule has 3 nitrogen and oxygen atoms in total. The fourth-order valence-electron chi connectivity index (χ4n) is 2.11. The topological polar surface area (TPSA) is 30.5 Å². The smallest absolute Gasteiger partial charge is 0.172 e. The number of hydrogen-bond donors (Lipinski definition) is 1. The van der Waals surface area contributed by atoms with Crippen molar-refractivity contribution in [2.75, 3.05) is 20.3 Å². The molecule has 0 aliphatic rings. The van der Waals surface area contributed by atoms with Crippen LogP contribution in [-0.2, 0) is 22.3 Å². The molecular formula is C16H27NO2. The van der Waals surface area contributed by atoms with E-state index in [0.29, 0.717) is 13.2 Å². The van der Waals surface area contributed by atoms with Crippen LogP contribution in [0, 0.1) is 0 Å². The van der Waals surface area contributed by atoms with E-state index >= 15 is 0 Å². The molecule has 1 unspecified atom stereocenters. The zero-order valence-electron chi connectivity index (χ0n) is 12.6. The van der Waals surface area contributed by atoms with Gasteiger partial charge in [-0.15, -0.1) is 0 Å². The molecule has 1 aromatic rings. The lowest BCUT2D eigenvalue weighted by Crippen LogP contribution is -2.42. The molecule has 1 rings (SSSR count). The van der Waals surface area contributed by atoms with Crippen LogP contribution in [0.2, 0.25) is 0 Å². The van der Waals surface area contributed by atoms with Crippen LogP contribution in [0.25, 0.3) is 0 Å². The summed E-state index contributed by atoms with van der Waals surface area (Å²) in [6, 6.07) is 8.94. The van der Waals surface area contributed by atoms with Crippen LogP contribution < -0.4 is 5.32 Å². The first-order valence-electron chi connectivity index (χ1n) is 7.23. The summed E-state index contributed by atoms with van der Waals surface area (Å²) in [4.78, 5) is 0. The molecule has 1 atom stereocenters. The number of rotatable bonds is 9. The SMILES string of the molecule is CCOC(OCC)C(Cc1ccc(CC)cc1)NC. The zero-order chi connectivity index (χ0) is 14.1. The number of aryl methyl sites for hydroxylation is 1. The van der Waals surface area contributed by atoms with Crippen molar-refractivity contribution >= 4 is 0 Å². The Morgan fingerprint density at radius 1 is 0.947 bits per heavy atom. The standard InChI is InChI=1S/C16H27NO2/c1-5-13-8-10-14(11-9-13)12-15(17-4)16(18-6-2)19-7-3/h8-11,15-17H,5-7,12H2,1-4H3. The Morgan fingerprint density at radius 2 is 1.47 bits per heavy atom. The third-order valence-electron chi connectivity index (χ3n) is 3.25. The molecule has 0 fully saturated rings. The summed E-state index contributed by atoms with van der Waals surface area (Å²) in [6.45, 7) is 7.49. The molecule has 0 amide bonds. The lowest BCUT2D eigenvalue weighted by Gasteiger charge is -2.26. The van der Waals surface area contributed by atoms with Crippen molar-refractivity contribution in [1.29, 1.82) is 0 Å². The van der Waals surface area contributed by atoms with E-state index in [-0.39, 0.29) is 12.3 Å². The molecule has 0 spiro atoms. The number of likely N-dealkylation sites (N-methyl/N-ethyl adjacent to an activating group) is 1. The highest BCUT2D eigenvalue weighted by atomic mass is 16.7. The first-order valence-corrected chi connectivity index (χ1v) is 7.23. The average molecular weight is 265 g/mol. The molecule has 0 saturated carbocycles. The summed E-state index contributed by atoms with van der Waals surface area (Å²) < 4.78 is 11.3. The van der Waals surface area contributed by atoms with Gasteiger partial charge in [0, 0.05) is 13.2 Å². The maximum atomic E-state index is 5.67. The summed E-state index contributed by atoms with van der Waals surface area (Å²) in [5.74, 6) is 0. The van der Waals surface area contributed by atoms with Crippen molar-refractivity contribution < 1.29 is 9.47 Å². The van der Waals surface area contributed by atoms with Crippen LogP contribution in [0.3, 0.4) is 0 Å². The zero-order valence-corrected chi connectivity index (χ0v) is 12.6. The minimum Gasteiger partial charge on any atom is -0.351 e. The molecule has 0 aliphatic heterocycles. The van der Waals surface area contributed by atoms with Crippen LogP contribution in [0.5, 0.6) is 0 Å². The maximum absolute atomic E-state index is 5.67. The van der Waals surface area contributed by atoms with Crippen LogP contribution in [0.15, 0.2) is 24.3 Å². The van der Waals surface area contributed by atoms with Gasteiger partial charge in [0.05, 0.1) is 6.04 Å². The fraction of sp³-hybridized carbons (Fsp3) is 0.625. The Kier molecular flexibility index (Phi) is 7.72. The van der Waals surface area contributed by atoms with Gasteiger partial charge < -0.3 is 14.8 Å². The minimum atomic E-state index is -0.189. The van der Waals surface area contributed by atoms with Gasteiger partial charge in [0.2, 0.25) is 0 Å². The number of ether oxygens (including phenoxy) is 2. The summed E-state index contributed by atoms with van der Waals surface area (Å²) in [5, 5.41) is 3.30. The van der Waals surface area contributed by atoms with E-state index in [1.54, 1.807) is 0 Å². The van der Waals surface area contributed by atoms with Crippen molar-refractivity contribution in [3.05, 3.63) is 35.4 Å². The van der Waals surface area contributed by atoms with E-state index < -0.39 is 0 Å². The third-order valence-corrected chi connectivity index (χ3v) is 3.25. The van der Waals surface area contributed by atoms with Crippen LogP contribution >= 0.6 is 0 Å². The Morgan fingerprint density at radius 3 is 1.89 bits per heavy atom. The van der Waals surface area contributed by atoms with Gasteiger partial charge in [0.1, 0.15) is 0 Å². The Balaban J connectivity index is 2.67. The Labute approximate surface area is 117 Å². The highest BCUT2D eigenvalue weighted by molar-refractivity contribution is 5.23. The summed E-state index contributed by atoms with van der Waals surface area (Å²) in [7, 11) is 1.95. The molecule has 0 saturated heterocycles. The van der Waals surface area contributed by atoms with Gasteiger partial charge in [0.25, 0.3) is 0 Å². The third kappa shape index (κ3) is 5.31. The quantitative estimate of drug-likeness (QED) is 0.696. The second-order valence-corrected chi connectivity index (χ2v) is 4.55. The predicted molar refractivity (Wildman–Crippen MR) is 79.4 cm³/mol. The molecule has 0 heterocycles. The van der Waals surface area contributed by atoms with Crippen LogP contribution in [0.4, 0.5) is 0 Å². The molecule has 0 radical (unpaired) electrons. The Hall–Kier alpha value is -0.900. The van der Waals surface area contributed by atoms with E-state index in [4.69, 9.17) is 9.47 Å². The van der Waals surface area contributed by atoms with E-state index in [1.165, 1.54) is 11.1 Å². The normalized spacial score (nSPS) is 12.9. The van der Waals surface area contributed by atoms with Crippen molar-refractivity contribution in [1.82, 2.24) is 5.32 Å². The molecular weight excluding hydrogens is 238 g/mol. The summed E-state index contributed by atoms with van der Waals surface area (Å²) in [6.07, 6.45) is 1.80. The van der Waals surface area contributed by atoms with E-state index in [2.05, 4.69) is 36.5 Å². The van der Waals surface area contributed by atoms with E-state index in [9.17, 15) is 0 Å². The molecule has 1 N–H and O–H groups in total.